The average molecular weight is 154 g/mol. The maximum atomic E-state index is 12.7. The van der Waals surface area contributed by atoms with Gasteiger partial charge in [0.05, 0.1) is 17.1 Å². The molecule has 0 saturated carbocycles. The summed E-state index contributed by atoms with van der Waals surface area (Å²) in [5.74, 6) is -1.02. The maximum Gasteiger partial charge on any atom is 0.165 e. The molecule has 0 saturated heterocycles. The van der Waals surface area contributed by atoms with Crippen LogP contribution in [-0.4, -0.2) is 9.97 Å². The van der Waals surface area contributed by atoms with E-state index in [4.69, 9.17) is 0 Å². The van der Waals surface area contributed by atoms with Gasteiger partial charge in [-0.15, -0.1) is 0 Å². The lowest BCUT2D eigenvalue weighted by Crippen LogP contribution is -1.79. The van der Waals surface area contributed by atoms with Gasteiger partial charge < -0.3 is 4.98 Å². The van der Waals surface area contributed by atoms with Crippen LogP contribution in [0.4, 0.5) is 8.78 Å². The van der Waals surface area contributed by atoms with Crippen LogP contribution in [0.15, 0.2) is 18.6 Å². The molecule has 0 amide bonds. The summed E-state index contributed by atoms with van der Waals surface area (Å²) in [6.07, 6.45) is 3.43. The molecular formula is C7H4F2N2. The molecule has 0 aliphatic carbocycles. The summed E-state index contributed by atoms with van der Waals surface area (Å²) in [5, 5.41) is 0.185. The highest BCUT2D eigenvalue weighted by Crippen LogP contribution is 2.17. The van der Waals surface area contributed by atoms with Crippen molar-refractivity contribution in [2.45, 2.75) is 0 Å². The topological polar surface area (TPSA) is 28.7 Å². The number of hydrogen-bond donors (Lipinski definition) is 1. The Morgan fingerprint density at radius 3 is 2.73 bits per heavy atom. The van der Waals surface area contributed by atoms with Gasteiger partial charge >= 0.3 is 0 Å². The van der Waals surface area contributed by atoms with Gasteiger partial charge in [-0.2, -0.15) is 0 Å². The van der Waals surface area contributed by atoms with Crippen molar-refractivity contribution < 1.29 is 8.78 Å². The van der Waals surface area contributed by atoms with Crippen LogP contribution in [0.2, 0.25) is 0 Å². The number of rotatable bonds is 0. The Hall–Kier alpha value is -1.45. The zero-order chi connectivity index (χ0) is 7.84. The fourth-order valence-electron chi connectivity index (χ4n) is 0.976. The number of aromatic nitrogens is 2. The van der Waals surface area contributed by atoms with Crippen molar-refractivity contribution in [3.8, 4) is 0 Å². The van der Waals surface area contributed by atoms with Gasteiger partial charge in [-0.05, 0) is 0 Å². The molecule has 2 aromatic rings. The first-order chi connectivity index (χ1) is 5.29. The van der Waals surface area contributed by atoms with E-state index in [2.05, 4.69) is 9.97 Å². The number of nitrogens with one attached hydrogen (secondary N) is 1. The SMILES string of the molecule is Fc1c[nH]c2c(F)cncc12. The minimum Gasteiger partial charge on any atom is -0.356 e. The molecule has 2 rings (SSSR count). The van der Waals surface area contributed by atoms with Crippen molar-refractivity contribution in [3.63, 3.8) is 0 Å². The molecule has 2 nitrogen and oxygen atoms in total. The molecule has 2 heterocycles. The summed E-state index contributed by atoms with van der Waals surface area (Å²) in [6.45, 7) is 0. The van der Waals surface area contributed by atoms with E-state index in [-0.39, 0.29) is 10.9 Å². The quantitative estimate of drug-likeness (QED) is 0.616. The molecule has 2 aromatic heterocycles. The van der Waals surface area contributed by atoms with E-state index in [1.807, 2.05) is 0 Å². The van der Waals surface area contributed by atoms with Crippen molar-refractivity contribution in [3.05, 3.63) is 30.2 Å². The summed E-state index contributed by atoms with van der Waals surface area (Å²) in [7, 11) is 0. The Balaban J connectivity index is 2.94. The molecule has 1 N–H and O–H groups in total. The van der Waals surface area contributed by atoms with Gasteiger partial charge in [-0.1, -0.05) is 0 Å². The van der Waals surface area contributed by atoms with Crippen LogP contribution in [0.3, 0.4) is 0 Å². The van der Waals surface area contributed by atoms with Gasteiger partial charge in [-0.25, -0.2) is 8.78 Å². The summed E-state index contributed by atoms with van der Waals surface area (Å²) >= 11 is 0. The Morgan fingerprint density at radius 2 is 2.00 bits per heavy atom. The molecule has 0 unspecified atom stereocenters. The van der Waals surface area contributed by atoms with E-state index in [1.54, 1.807) is 0 Å². The highest BCUT2D eigenvalue weighted by molar-refractivity contribution is 5.79. The average Bonchev–Trinajstić information content (AvgIpc) is 2.35. The number of nitrogens with zero attached hydrogens (tertiary/aromatic N) is 1. The van der Waals surface area contributed by atoms with Crippen LogP contribution in [0.1, 0.15) is 0 Å². The van der Waals surface area contributed by atoms with Crippen molar-refractivity contribution in [1.82, 2.24) is 9.97 Å². The van der Waals surface area contributed by atoms with Crippen LogP contribution in [0, 0.1) is 11.6 Å². The Labute approximate surface area is 60.9 Å². The first-order valence-electron chi connectivity index (χ1n) is 3.05. The van der Waals surface area contributed by atoms with Crippen molar-refractivity contribution in [2.24, 2.45) is 0 Å². The van der Waals surface area contributed by atoms with Crippen LogP contribution in [0.5, 0.6) is 0 Å². The highest BCUT2D eigenvalue weighted by Gasteiger charge is 2.05. The first kappa shape index (κ1) is 6.27. The van der Waals surface area contributed by atoms with Crippen LogP contribution in [0.25, 0.3) is 10.9 Å². The zero-order valence-corrected chi connectivity index (χ0v) is 5.44. The third kappa shape index (κ3) is 0.790. The second-order valence-electron chi connectivity index (χ2n) is 2.18. The molecule has 0 bridgehead atoms. The van der Waals surface area contributed by atoms with Gasteiger partial charge in [-0.3, -0.25) is 4.98 Å². The lowest BCUT2D eigenvalue weighted by molar-refractivity contribution is 0.629. The van der Waals surface area contributed by atoms with Crippen molar-refractivity contribution >= 4 is 10.9 Å². The normalized spacial score (nSPS) is 10.7. The molecule has 0 spiro atoms. The molecule has 0 aromatic carbocycles. The minimum absolute atomic E-state index is 0.164. The molecule has 0 aliphatic rings. The zero-order valence-electron chi connectivity index (χ0n) is 5.44. The third-order valence-electron chi connectivity index (χ3n) is 1.50. The molecule has 0 radical (unpaired) electrons. The van der Waals surface area contributed by atoms with Gasteiger partial charge in [0.15, 0.2) is 5.82 Å². The Bertz CT molecular complexity index is 394. The van der Waals surface area contributed by atoms with E-state index in [1.165, 1.54) is 6.20 Å². The molecule has 11 heavy (non-hydrogen) atoms. The lowest BCUT2D eigenvalue weighted by atomic mass is 10.3. The molecule has 0 atom stereocenters. The third-order valence-corrected chi connectivity index (χ3v) is 1.50. The summed E-state index contributed by atoms with van der Waals surface area (Å²) < 4.78 is 25.4. The van der Waals surface area contributed by atoms with Crippen molar-refractivity contribution in [1.29, 1.82) is 0 Å². The van der Waals surface area contributed by atoms with Gasteiger partial charge in [0, 0.05) is 12.4 Å². The Morgan fingerprint density at radius 1 is 1.18 bits per heavy atom. The van der Waals surface area contributed by atoms with E-state index in [0.29, 0.717) is 0 Å². The number of fused-ring (bicyclic) bond motifs is 1. The standard InChI is InChI=1S/C7H4F2N2/c8-5-3-11-7-4(5)1-10-2-6(7)9/h1-3,11H. The number of halogens is 2. The summed E-state index contributed by atoms with van der Waals surface area (Å²) in [5.41, 5.74) is 0.164. The van der Waals surface area contributed by atoms with Gasteiger partial charge in [0.25, 0.3) is 0 Å². The monoisotopic (exact) mass is 154 g/mol. The van der Waals surface area contributed by atoms with Crippen LogP contribution < -0.4 is 0 Å². The number of H-pyrrole nitrogens is 1. The highest BCUT2D eigenvalue weighted by atomic mass is 19.1. The van der Waals surface area contributed by atoms with E-state index in [0.717, 1.165) is 12.4 Å². The first-order valence-corrected chi connectivity index (χ1v) is 3.05. The van der Waals surface area contributed by atoms with Gasteiger partial charge in [0.2, 0.25) is 0 Å². The predicted molar refractivity (Wildman–Crippen MR) is 36.0 cm³/mol. The summed E-state index contributed by atoms with van der Waals surface area (Å²) in [4.78, 5) is 5.98. The summed E-state index contributed by atoms with van der Waals surface area (Å²) in [6, 6.07) is 0. The number of pyridine rings is 1. The largest absolute Gasteiger partial charge is 0.356 e. The fraction of sp³-hybridized carbons (Fsp3) is 0. The minimum atomic E-state index is -0.536. The lowest BCUT2D eigenvalue weighted by Gasteiger charge is -1.88. The molecule has 56 valence electrons. The Kier molecular flexibility index (Phi) is 1.15. The molecule has 0 fully saturated rings. The smallest absolute Gasteiger partial charge is 0.165 e. The van der Waals surface area contributed by atoms with E-state index < -0.39 is 11.6 Å². The maximum absolute atomic E-state index is 12.7. The molecular weight excluding hydrogens is 150 g/mol. The second kappa shape index (κ2) is 2.02. The second-order valence-corrected chi connectivity index (χ2v) is 2.18. The van der Waals surface area contributed by atoms with Gasteiger partial charge in [0.1, 0.15) is 5.82 Å². The number of aromatic amines is 1. The number of hydrogen-bond acceptors (Lipinski definition) is 1. The fourth-order valence-corrected chi connectivity index (χ4v) is 0.976. The molecule has 0 aliphatic heterocycles. The van der Waals surface area contributed by atoms with E-state index >= 15 is 0 Å². The van der Waals surface area contributed by atoms with Crippen LogP contribution >= 0.6 is 0 Å². The van der Waals surface area contributed by atoms with E-state index in [9.17, 15) is 8.78 Å². The van der Waals surface area contributed by atoms with Crippen LogP contribution in [-0.2, 0) is 0 Å². The van der Waals surface area contributed by atoms with Crippen molar-refractivity contribution in [2.75, 3.05) is 0 Å². The molecule has 4 heteroatoms. The predicted octanol–water partition coefficient (Wildman–Crippen LogP) is 1.84.